The number of anilines is 2. The molecule has 1 N–H and O–H groups in total. The van der Waals surface area contributed by atoms with Gasteiger partial charge in [0.05, 0.1) is 11.3 Å². The molecule has 4 rings (SSSR count). The maximum absolute atomic E-state index is 12.1. The molecule has 3 aromatic rings. The lowest BCUT2D eigenvalue weighted by molar-refractivity contribution is -0.146. The second-order valence-corrected chi connectivity index (χ2v) is 6.89. The van der Waals surface area contributed by atoms with Crippen molar-refractivity contribution in [2.45, 2.75) is 0 Å². The second kappa shape index (κ2) is 8.62. The van der Waals surface area contributed by atoms with Gasteiger partial charge in [-0.15, -0.1) is 0 Å². The number of benzene rings is 3. The number of esters is 1. The second-order valence-electron chi connectivity index (χ2n) is 6.89. The fourth-order valence-electron chi connectivity index (χ4n) is 3.30. The average molecular weight is 414 g/mol. The van der Waals surface area contributed by atoms with E-state index in [1.54, 1.807) is 30.3 Å². The van der Waals surface area contributed by atoms with Crippen molar-refractivity contribution in [1.82, 2.24) is 0 Å². The molecule has 1 aliphatic rings. The van der Waals surface area contributed by atoms with Crippen molar-refractivity contribution in [3.8, 4) is 11.1 Å². The van der Waals surface area contributed by atoms with Crippen molar-refractivity contribution < 1.29 is 23.9 Å². The number of ketones is 1. The van der Waals surface area contributed by atoms with Gasteiger partial charge < -0.3 is 10.1 Å². The molecule has 31 heavy (non-hydrogen) atoms. The summed E-state index contributed by atoms with van der Waals surface area (Å²) in [6.07, 6.45) is 0. The molecule has 0 bridgehead atoms. The summed E-state index contributed by atoms with van der Waals surface area (Å²) in [6.45, 7) is -0.947. The third-order valence-corrected chi connectivity index (χ3v) is 4.81. The van der Waals surface area contributed by atoms with Gasteiger partial charge in [-0.25, -0.2) is 0 Å². The number of Topliss-reactive ketones (excluding diaryl/α,β-unsaturated/α-hetero) is 1. The van der Waals surface area contributed by atoms with Crippen LogP contribution in [0.4, 0.5) is 11.4 Å². The number of carbonyl (C=O) groups excluding carboxylic acids is 4. The van der Waals surface area contributed by atoms with Crippen LogP contribution in [0.1, 0.15) is 10.4 Å². The highest BCUT2D eigenvalue weighted by atomic mass is 16.5. The molecule has 1 heterocycles. The molecule has 0 atom stereocenters. The summed E-state index contributed by atoms with van der Waals surface area (Å²) in [6, 6.07) is 23.5. The lowest BCUT2D eigenvalue weighted by Crippen LogP contribution is -2.36. The van der Waals surface area contributed by atoms with E-state index in [2.05, 4.69) is 5.32 Å². The number of rotatable bonds is 6. The Morgan fingerprint density at radius 3 is 2.19 bits per heavy atom. The van der Waals surface area contributed by atoms with Gasteiger partial charge in [-0.3, -0.25) is 24.1 Å². The van der Waals surface area contributed by atoms with Crippen molar-refractivity contribution in [2.24, 2.45) is 0 Å². The largest absolute Gasteiger partial charge is 0.454 e. The number of para-hydroxylation sites is 1. The highest BCUT2D eigenvalue weighted by molar-refractivity contribution is 6.52. The first kappa shape index (κ1) is 20.0. The van der Waals surface area contributed by atoms with Crippen LogP contribution < -0.4 is 10.2 Å². The zero-order valence-corrected chi connectivity index (χ0v) is 16.4. The normalized spacial score (nSPS) is 12.5. The van der Waals surface area contributed by atoms with Gasteiger partial charge in [-0.05, 0) is 35.4 Å². The van der Waals surface area contributed by atoms with E-state index in [-0.39, 0.29) is 5.56 Å². The lowest BCUT2D eigenvalue weighted by Gasteiger charge is -2.15. The van der Waals surface area contributed by atoms with Gasteiger partial charge in [0.15, 0.2) is 6.61 Å². The first-order valence-corrected chi connectivity index (χ1v) is 9.59. The number of fused-ring (bicyclic) bond motifs is 1. The molecule has 0 fully saturated rings. The Kier molecular flexibility index (Phi) is 5.57. The molecule has 0 saturated heterocycles. The van der Waals surface area contributed by atoms with Crippen LogP contribution in [0.15, 0.2) is 78.9 Å². The minimum Gasteiger partial charge on any atom is -0.454 e. The van der Waals surface area contributed by atoms with Gasteiger partial charge in [0.2, 0.25) is 0 Å². The number of hydrogen-bond acceptors (Lipinski definition) is 5. The number of nitrogens with one attached hydrogen (secondary N) is 1. The number of ether oxygens (including phenoxy) is 1. The molecule has 0 spiro atoms. The Morgan fingerprint density at radius 2 is 1.45 bits per heavy atom. The first-order valence-electron chi connectivity index (χ1n) is 9.59. The molecule has 0 unspecified atom stereocenters. The third-order valence-electron chi connectivity index (χ3n) is 4.81. The molecule has 2 amide bonds. The van der Waals surface area contributed by atoms with E-state index in [0.717, 1.165) is 16.0 Å². The van der Waals surface area contributed by atoms with Crippen LogP contribution in [0.5, 0.6) is 0 Å². The fraction of sp³-hybridized carbons (Fsp3) is 0.0833. The van der Waals surface area contributed by atoms with Gasteiger partial charge in [0.25, 0.3) is 17.6 Å². The lowest BCUT2D eigenvalue weighted by atomic mass is 10.1. The highest BCUT2D eigenvalue weighted by Crippen LogP contribution is 2.28. The summed E-state index contributed by atoms with van der Waals surface area (Å²) in [7, 11) is 0. The maximum Gasteiger partial charge on any atom is 0.326 e. The predicted molar refractivity (Wildman–Crippen MR) is 115 cm³/mol. The number of hydrogen-bond donors (Lipinski definition) is 1. The van der Waals surface area contributed by atoms with Crippen LogP contribution in [-0.4, -0.2) is 36.7 Å². The molecule has 0 radical (unpaired) electrons. The zero-order valence-electron chi connectivity index (χ0n) is 16.4. The van der Waals surface area contributed by atoms with Crippen LogP contribution in [0, 0.1) is 0 Å². The van der Waals surface area contributed by atoms with Gasteiger partial charge in [0, 0.05) is 5.69 Å². The summed E-state index contributed by atoms with van der Waals surface area (Å²) in [4.78, 5) is 49.3. The summed E-state index contributed by atoms with van der Waals surface area (Å²) in [5.74, 6) is -2.75. The van der Waals surface area contributed by atoms with Crippen LogP contribution >= 0.6 is 0 Å². The van der Waals surface area contributed by atoms with Crippen LogP contribution in [0.3, 0.4) is 0 Å². The summed E-state index contributed by atoms with van der Waals surface area (Å²) >= 11 is 0. The molecule has 154 valence electrons. The van der Waals surface area contributed by atoms with E-state index in [1.165, 1.54) is 6.07 Å². The maximum atomic E-state index is 12.1. The Morgan fingerprint density at radius 1 is 0.806 bits per heavy atom. The smallest absolute Gasteiger partial charge is 0.326 e. The number of carbonyl (C=O) groups is 4. The molecular weight excluding hydrogens is 396 g/mol. The summed E-state index contributed by atoms with van der Waals surface area (Å²) < 4.78 is 4.97. The Bertz CT molecular complexity index is 1160. The van der Waals surface area contributed by atoms with Crippen molar-refractivity contribution in [3.63, 3.8) is 0 Å². The quantitative estimate of drug-likeness (QED) is 0.494. The van der Waals surface area contributed by atoms with Crippen LogP contribution in [0.2, 0.25) is 0 Å². The molecule has 0 aromatic heterocycles. The average Bonchev–Trinajstić information content (AvgIpc) is 3.04. The standard InChI is InChI=1S/C24H18N2O5/c27-21(25-18-12-10-17(11-13-18)16-6-2-1-3-7-16)15-31-22(28)14-26-20-9-5-4-8-19(20)23(29)24(26)30/h1-13H,14-15H2,(H,25,27). The SMILES string of the molecule is O=C(COC(=O)CN1C(=O)C(=O)c2ccccc21)Nc1ccc(-c2ccccc2)cc1. The van der Waals surface area contributed by atoms with Crippen molar-refractivity contribution in [3.05, 3.63) is 84.4 Å². The molecular formula is C24H18N2O5. The van der Waals surface area contributed by atoms with E-state index in [4.69, 9.17) is 4.74 Å². The first-order chi connectivity index (χ1) is 15.0. The van der Waals surface area contributed by atoms with Crippen LogP contribution in [-0.2, 0) is 19.1 Å². The van der Waals surface area contributed by atoms with Crippen molar-refractivity contribution in [2.75, 3.05) is 23.4 Å². The summed E-state index contributed by atoms with van der Waals surface area (Å²) in [5.41, 5.74) is 3.24. The van der Waals surface area contributed by atoms with E-state index in [9.17, 15) is 19.2 Å². The van der Waals surface area contributed by atoms with Gasteiger partial charge in [-0.1, -0.05) is 54.6 Å². The van der Waals surface area contributed by atoms with Crippen molar-refractivity contribution in [1.29, 1.82) is 0 Å². The molecule has 0 saturated carbocycles. The van der Waals surface area contributed by atoms with Gasteiger partial charge >= 0.3 is 5.97 Å². The third kappa shape index (κ3) is 4.35. The minimum absolute atomic E-state index is 0.247. The molecule has 7 nitrogen and oxygen atoms in total. The minimum atomic E-state index is -0.791. The Hall–Kier alpha value is -4.26. The predicted octanol–water partition coefficient (Wildman–Crippen LogP) is 3.06. The summed E-state index contributed by atoms with van der Waals surface area (Å²) in [5, 5.41) is 2.65. The highest BCUT2D eigenvalue weighted by Gasteiger charge is 2.36. The molecule has 3 aromatic carbocycles. The van der Waals surface area contributed by atoms with Crippen LogP contribution in [0.25, 0.3) is 11.1 Å². The molecule has 1 aliphatic heterocycles. The Labute approximate surface area is 178 Å². The van der Waals surface area contributed by atoms with E-state index < -0.39 is 36.7 Å². The molecule has 7 heteroatoms. The van der Waals surface area contributed by atoms with Crippen molar-refractivity contribution >= 4 is 34.9 Å². The number of nitrogens with zero attached hydrogens (tertiary/aromatic N) is 1. The zero-order chi connectivity index (χ0) is 21.8. The van der Waals surface area contributed by atoms with E-state index >= 15 is 0 Å². The van der Waals surface area contributed by atoms with E-state index in [0.29, 0.717) is 11.4 Å². The van der Waals surface area contributed by atoms with Gasteiger partial charge in [0.1, 0.15) is 6.54 Å². The number of amides is 2. The van der Waals surface area contributed by atoms with E-state index in [1.807, 2.05) is 42.5 Å². The fourth-order valence-corrected chi connectivity index (χ4v) is 3.30. The monoisotopic (exact) mass is 414 g/mol. The topological polar surface area (TPSA) is 92.8 Å². The molecule has 0 aliphatic carbocycles. The Balaban J connectivity index is 1.30. The van der Waals surface area contributed by atoms with Gasteiger partial charge in [-0.2, -0.15) is 0 Å².